The second kappa shape index (κ2) is 6.71. The zero-order valence-electron chi connectivity index (χ0n) is 13.8. The normalized spacial score (nSPS) is 26.6. The summed E-state index contributed by atoms with van der Waals surface area (Å²) >= 11 is 0. The van der Waals surface area contributed by atoms with Crippen LogP contribution in [0.5, 0.6) is 0 Å². The van der Waals surface area contributed by atoms with Crippen molar-refractivity contribution in [1.29, 1.82) is 0 Å². The van der Waals surface area contributed by atoms with E-state index in [1.807, 2.05) is 12.1 Å². The Morgan fingerprint density at radius 3 is 2.79 bits per heavy atom. The second-order valence-corrected chi connectivity index (χ2v) is 6.98. The van der Waals surface area contributed by atoms with Gasteiger partial charge in [0.1, 0.15) is 18.5 Å². The Balaban J connectivity index is 1.43. The molecule has 2 saturated carbocycles. The van der Waals surface area contributed by atoms with Gasteiger partial charge >= 0.3 is 0 Å². The van der Waals surface area contributed by atoms with Gasteiger partial charge in [0.25, 0.3) is 0 Å². The summed E-state index contributed by atoms with van der Waals surface area (Å²) in [6.07, 6.45) is 13.4. The summed E-state index contributed by atoms with van der Waals surface area (Å²) in [5.74, 6) is 2.24. The Kier molecular flexibility index (Phi) is 4.28. The quantitative estimate of drug-likeness (QED) is 0.940. The van der Waals surface area contributed by atoms with Crippen molar-refractivity contribution >= 4 is 11.7 Å². The third-order valence-corrected chi connectivity index (χ3v) is 5.59. The van der Waals surface area contributed by atoms with Gasteiger partial charge in [-0.2, -0.15) is 5.10 Å². The maximum Gasteiger partial charge on any atom is 0.228 e. The van der Waals surface area contributed by atoms with Gasteiger partial charge in [0.05, 0.1) is 11.9 Å². The highest BCUT2D eigenvalue weighted by Gasteiger charge is 2.38. The molecule has 2 aliphatic carbocycles. The molecule has 1 N–H and O–H groups in total. The van der Waals surface area contributed by atoms with E-state index in [2.05, 4.69) is 20.4 Å². The summed E-state index contributed by atoms with van der Waals surface area (Å²) in [6.45, 7) is 0. The maximum absolute atomic E-state index is 12.8. The van der Waals surface area contributed by atoms with Crippen LogP contribution in [0.3, 0.4) is 0 Å². The minimum absolute atomic E-state index is 0.146. The summed E-state index contributed by atoms with van der Waals surface area (Å²) in [4.78, 5) is 21.0. The molecule has 6 nitrogen and oxygen atoms in total. The molecule has 3 unspecified atom stereocenters. The summed E-state index contributed by atoms with van der Waals surface area (Å²) in [5, 5.41) is 7.10. The maximum atomic E-state index is 12.8. The van der Waals surface area contributed by atoms with Gasteiger partial charge in [0.2, 0.25) is 5.91 Å². The van der Waals surface area contributed by atoms with E-state index in [0.29, 0.717) is 11.7 Å². The van der Waals surface area contributed by atoms with Gasteiger partial charge in [-0.3, -0.25) is 4.79 Å². The minimum Gasteiger partial charge on any atom is -0.310 e. The smallest absolute Gasteiger partial charge is 0.228 e. The van der Waals surface area contributed by atoms with Crippen LogP contribution >= 0.6 is 0 Å². The van der Waals surface area contributed by atoms with Gasteiger partial charge in [-0.1, -0.05) is 32.1 Å². The molecule has 1 amide bonds. The Bertz CT molecular complexity index is 680. The second-order valence-electron chi connectivity index (χ2n) is 6.98. The molecule has 0 radical (unpaired) electrons. The van der Waals surface area contributed by atoms with Crippen LogP contribution in [-0.4, -0.2) is 25.7 Å². The molecule has 126 valence electrons. The van der Waals surface area contributed by atoms with Crippen LogP contribution in [0, 0.1) is 17.8 Å². The van der Waals surface area contributed by atoms with E-state index in [9.17, 15) is 4.79 Å². The molecule has 0 aliphatic heterocycles. The standard InChI is InChI=1S/C18H23N5O/c24-18(16-7-3-5-13-4-1-2-6-15(13)16)22-17-9-8-14(10-20-17)23-12-19-11-21-23/h8-13,15-16H,1-7H2,(H,20,22,24). The number of carbonyl (C=O) groups is 1. The Morgan fingerprint density at radius 2 is 2.00 bits per heavy atom. The van der Waals surface area contributed by atoms with Gasteiger partial charge in [-0.05, 0) is 36.8 Å². The van der Waals surface area contributed by atoms with Crippen LogP contribution in [0.4, 0.5) is 5.82 Å². The number of rotatable bonds is 3. The number of fused-ring (bicyclic) bond motifs is 1. The molecule has 24 heavy (non-hydrogen) atoms. The molecular weight excluding hydrogens is 302 g/mol. The summed E-state index contributed by atoms with van der Waals surface area (Å²) in [5.41, 5.74) is 0.829. The van der Waals surface area contributed by atoms with E-state index in [-0.39, 0.29) is 11.8 Å². The molecule has 3 atom stereocenters. The largest absolute Gasteiger partial charge is 0.310 e. The third-order valence-electron chi connectivity index (χ3n) is 5.59. The fourth-order valence-electron chi connectivity index (χ4n) is 4.42. The highest BCUT2D eigenvalue weighted by atomic mass is 16.2. The molecular formula is C18H23N5O. The number of carbonyl (C=O) groups excluding carboxylic acids is 1. The first-order chi connectivity index (χ1) is 11.8. The average Bonchev–Trinajstić information content (AvgIpc) is 3.16. The molecule has 6 heteroatoms. The molecule has 2 heterocycles. The van der Waals surface area contributed by atoms with Crippen molar-refractivity contribution in [3.8, 4) is 5.69 Å². The molecule has 2 fully saturated rings. The van der Waals surface area contributed by atoms with E-state index < -0.39 is 0 Å². The van der Waals surface area contributed by atoms with Crippen LogP contribution in [0.2, 0.25) is 0 Å². The predicted octanol–water partition coefficient (Wildman–Crippen LogP) is 3.21. The number of hydrogen-bond donors (Lipinski definition) is 1. The van der Waals surface area contributed by atoms with E-state index in [4.69, 9.17) is 0 Å². The summed E-state index contributed by atoms with van der Waals surface area (Å²) < 4.78 is 1.65. The van der Waals surface area contributed by atoms with Gasteiger partial charge in [-0.15, -0.1) is 0 Å². The number of aromatic nitrogens is 4. The van der Waals surface area contributed by atoms with E-state index in [0.717, 1.165) is 18.0 Å². The first kappa shape index (κ1) is 15.3. The number of nitrogens with zero attached hydrogens (tertiary/aromatic N) is 4. The molecule has 2 aromatic heterocycles. The highest BCUT2D eigenvalue weighted by Crippen LogP contribution is 2.44. The monoisotopic (exact) mass is 325 g/mol. The van der Waals surface area contributed by atoms with Crippen LogP contribution in [0.1, 0.15) is 44.9 Å². The Morgan fingerprint density at radius 1 is 1.12 bits per heavy atom. The van der Waals surface area contributed by atoms with Gasteiger partial charge in [0, 0.05) is 5.92 Å². The Hall–Kier alpha value is -2.24. The van der Waals surface area contributed by atoms with E-state index in [1.165, 1.54) is 44.9 Å². The first-order valence-corrected chi connectivity index (χ1v) is 8.93. The van der Waals surface area contributed by atoms with Crippen LogP contribution in [0.15, 0.2) is 31.0 Å². The van der Waals surface area contributed by atoms with Crippen LogP contribution < -0.4 is 5.32 Å². The number of hydrogen-bond acceptors (Lipinski definition) is 4. The molecule has 0 aromatic carbocycles. The highest BCUT2D eigenvalue weighted by molar-refractivity contribution is 5.92. The number of nitrogens with one attached hydrogen (secondary N) is 1. The number of amides is 1. The lowest BCUT2D eigenvalue weighted by molar-refractivity contribution is -0.124. The van der Waals surface area contributed by atoms with E-state index >= 15 is 0 Å². The summed E-state index contributed by atoms with van der Waals surface area (Å²) in [7, 11) is 0. The zero-order valence-corrected chi connectivity index (χ0v) is 13.8. The fraction of sp³-hybridized carbons (Fsp3) is 0.556. The topological polar surface area (TPSA) is 72.7 Å². The van der Waals surface area contributed by atoms with Crippen molar-refractivity contribution in [2.24, 2.45) is 17.8 Å². The van der Waals surface area contributed by atoms with Crippen molar-refractivity contribution in [2.75, 3.05) is 5.32 Å². The van der Waals surface area contributed by atoms with Crippen molar-refractivity contribution in [3.63, 3.8) is 0 Å². The predicted molar refractivity (Wildman–Crippen MR) is 90.6 cm³/mol. The van der Waals surface area contributed by atoms with Crippen molar-refractivity contribution < 1.29 is 4.79 Å². The zero-order chi connectivity index (χ0) is 16.4. The summed E-state index contributed by atoms with van der Waals surface area (Å²) in [6, 6.07) is 3.72. The van der Waals surface area contributed by atoms with Gasteiger partial charge in [-0.25, -0.2) is 14.6 Å². The third kappa shape index (κ3) is 3.05. The van der Waals surface area contributed by atoms with E-state index in [1.54, 1.807) is 17.2 Å². The fourth-order valence-corrected chi connectivity index (χ4v) is 4.42. The van der Waals surface area contributed by atoms with Crippen LogP contribution in [0.25, 0.3) is 5.69 Å². The molecule has 0 spiro atoms. The van der Waals surface area contributed by atoms with Gasteiger partial charge < -0.3 is 5.32 Å². The average molecular weight is 325 g/mol. The molecule has 0 bridgehead atoms. The number of pyridine rings is 1. The Labute approximate surface area is 141 Å². The van der Waals surface area contributed by atoms with Crippen molar-refractivity contribution in [1.82, 2.24) is 19.7 Å². The molecule has 4 rings (SSSR count). The molecule has 0 saturated heterocycles. The van der Waals surface area contributed by atoms with Crippen LogP contribution in [-0.2, 0) is 4.79 Å². The number of anilines is 1. The lowest BCUT2D eigenvalue weighted by atomic mass is 9.65. The van der Waals surface area contributed by atoms with Crippen molar-refractivity contribution in [3.05, 3.63) is 31.0 Å². The van der Waals surface area contributed by atoms with Gasteiger partial charge in [0.15, 0.2) is 0 Å². The molecule has 2 aromatic rings. The SMILES string of the molecule is O=C(Nc1ccc(-n2cncn2)cn1)C1CCCC2CCCCC21. The van der Waals surface area contributed by atoms with Crippen molar-refractivity contribution in [2.45, 2.75) is 44.9 Å². The lowest BCUT2D eigenvalue weighted by Crippen LogP contribution is -2.38. The molecule has 2 aliphatic rings. The first-order valence-electron chi connectivity index (χ1n) is 8.93. The lowest BCUT2D eigenvalue weighted by Gasteiger charge is -2.40. The minimum atomic E-state index is 0.146.